The summed E-state index contributed by atoms with van der Waals surface area (Å²) in [5.74, 6) is -0.472. The topological polar surface area (TPSA) is 66.8 Å². The van der Waals surface area contributed by atoms with Crippen LogP contribution >= 0.6 is 0 Å². The minimum absolute atomic E-state index is 0.0529. The van der Waals surface area contributed by atoms with E-state index in [9.17, 15) is 14.3 Å². The lowest BCUT2D eigenvalue weighted by Gasteiger charge is -2.13. The van der Waals surface area contributed by atoms with E-state index in [1.807, 2.05) is 6.07 Å². The average molecular weight is 366 g/mol. The summed E-state index contributed by atoms with van der Waals surface area (Å²) in [6.45, 7) is 0.0529. The molecule has 0 aromatic heterocycles. The van der Waals surface area contributed by atoms with Crippen LogP contribution in [0.1, 0.15) is 17.5 Å². The Kier molecular flexibility index (Phi) is 5.71. The number of carboxylic acid groups (broad SMARTS) is 1. The van der Waals surface area contributed by atoms with E-state index in [1.165, 1.54) is 6.07 Å². The number of hydrogen-bond donors (Lipinski definition) is 2. The maximum absolute atomic E-state index is 14.4. The summed E-state index contributed by atoms with van der Waals surface area (Å²) in [6.07, 6.45) is 0.527. The second kappa shape index (κ2) is 8.36. The number of carboxylic acids is 1. The Bertz CT molecular complexity index is 918. The van der Waals surface area contributed by atoms with Crippen LogP contribution in [-0.2, 0) is 17.8 Å². The molecule has 0 heterocycles. The lowest BCUT2D eigenvalue weighted by atomic mass is 9.99. The molecular weight excluding hydrogens is 347 g/mol. The van der Waals surface area contributed by atoms with E-state index in [1.54, 1.807) is 54.6 Å². The second-order valence-electron chi connectivity index (χ2n) is 6.14. The van der Waals surface area contributed by atoms with E-state index < -0.39 is 5.97 Å². The minimum atomic E-state index is -0.836. The van der Waals surface area contributed by atoms with Crippen molar-refractivity contribution in [3.8, 4) is 22.6 Å². The first kappa shape index (κ1) is 18.5. The lowest BCUT2D eigenvalue weighted by molar-refractivity contribution is -0.136. The minimum Gasteiger partial charge on any atom is -0.508 e. The molecule has 0 aliphatic carbocycles. The normalized spacial score (nSPS) is 10.6. The molecule has 3 rings (SSSR count). The number of halogens is 1. The Labute approximate surface area is 156 Å². The van der Waals surface area contributed by atoms with E-state index in [-0.39, 0.29) is 24.6 Å². The predicted molar refractivity (Wildman–Crippen MR) is 100 cm³/mol. The third-order valence-electron chi connectivity index (χ3n) is 4.23. The van der Waals surface area contributed by atoms with Gasteiger partial charge in [-0.05, 0) is 53.4 Å². The number of phenolic OH excluding ortho intramolecular Hbond substituents is 1. The largest absolute Gasteiger partial charge is 0.508 e. The molecular formula is C22H19FO4. The molecule has 0 spiro atoms. The zero-order valence-corrected chi connectivity index (χ0v) is 14.6. The van der Waals surface area contributed by atoms with Gasteiger partial charge in [-0.2, -0.15) is 0 Å². The van der Waals surface area contributed by atoms with Crippen LogP contribution in [0.15, 0.2) is 66.7 Å². The third kappa shape index (κ3) is 4.85. The molecule has 0 amide bonds. The number of rotatable bonds is 7. The molecule has 2 N–H and O–H groups in total. The molecule has 5 heteroatoms. The number of aryl methyl sites for hydroxylation is 1. The average Bonchev–Trinajstić information content (AvgIpc) is 2.67. The van der Waals surface area contributed by atoms with E-state index in [0.29, 0.717) is 23.3 Å². The highest BCUT2D eigenvalue weighted by atomic mass is 19.1. The molecule has 0 saturated carbocycles. The number of carbonyl (C=O) groups is 1. The quantitative estimate of drug-likeness (QED) is 0.631. The van der Waals surface area contributed by atoms with Crippen molar-refractivity contribution in [1.29, 1.82) is 0 Å². The van der Waals surface area contributed by atoms with Gasteiger partial charge in [0.15, 0.2) is 0 Å². The van der Waals surface area contributed by atoms with E-state index >= 15 is 0 Å². The van der Waals surface area contributed by atoms with Crippen LogP contribution in [0, 0.1) is 5.82 Å². The molecule has 0 aliphatic rings. The van der Waals surface area contributed by atoms with Crippen molar-refractivity contribution in [2.75, 3.05) is 0 Å². The molecule has 0 fully saturated rings. The number of ether oxygens (including phenoxy) is 1. The number of benzene rings is 3. The fraction of sp³-hybridized carbons (Fsp3) is 0.136. The number of phenols is 1. The monoisotopic (exact) mass is 366 g/mol. The molecule has 0 unspecified atom stereocenters. The van der Waals surface area contributed by atoms with Gasteiger partial charge in [0.1, 0.15) is 23.9 Å². The van der Waals surface area contributed by atoms with Crippen molar-refractivity contribution in [3.63, 3.8) is 0 Å². The molecule has 3 aromatic rings. The standard InChI is InChI=1S/C22H19FO4/c23-21-3-1-2-19(16-7-9-17(24)10-8-16)20(21)14-27-18-11-4-15(5-12-18)6-13-22(25)26/h1-5,7-12,24H,6,13-14H2,(H,25,26). The highest BCUT2D eigenvalue weighted by Crippen LogP contribution is 2.28. The third-order valence-corrected chi connectivity index (χ3v) is 4.23. The van der Waals surface area contributed by atoms with Crippen molar-refractivity contribution >= 4 is 5.97 Å². The SMILES string of the molecule is O=C(O)CCc1ccc(OCc2c(F)cccc2-c2ccc(O)cc2)cc1. The fourth-order valence-corrected chi connectivity index (χ4v) is 2.78. The summed E-state index contributed by atoms with van der Waals surface area (Å²) in [7, 11) is 0. The van der Waals surface area contributed by atoms with Gasteiger partial charge in [0.25, 0.3) is 0 Å². The molecule has 0 aliphatic heterocycles. The summed E-state index contributed by atoms with van der Waals surface area (Å²) in [4.78, 5) is 10.6. The summed E-state index contributed by atoms with van der Waals surface area (Å²) in [6, 6.07) is 18.5. The summed E-state index contributed by atoms with van der Waals surface area (Å²) in [5.41, 5.74) is 2.82. The van der Waals surface area contributed by atoms with Crippen molar-refractivity contribution < 1.29 is 24.1 Å². The van der Waals surface area contributed by atoms with Crippen molar-refractivity contribution in [2.24, 2.45) is 0 Å². The molecule has 0 radical (unpaired) electrons. The smallest absolute Gasteiger partial charge is 0.303 e. The van der Waals surface area contributed by atoms with Crippen molar-refractivity contribution in [1.82, 2.24) is 0 Å². The van der Waals surface area contributed by atoms with Crippen LogP contribution in [0.25, 0.3) is 11.1 Å². The van der Waals surface area contributed by atoms with Gasteiger partial charge in [0.05, 0.1) is 0 Å². The number of hydrogen-bond acceptors (Lipinski definition) is 3. The predicted octanol–water partition coefficient (Wildman–Crippen LogP) is 4.79. The Morgan fingerprint density at radius 1 is 0.963 bits per heavy atom. The van der Waals surface area contributed by atoms with Crippen LogP contribution < -0.4 is 4.74 Å². The summed E-state index contributed by atoms with van der Waals surface area (Å²) >= 11 is 0. The van der Waals surface area contributed by atoms with Crippen molar-refractivity contribution in [3.05, 3.63) is 83.7 Å². The highest BCUT2D eigenvalue weighted by Gasteiger charge is 2.11. The van der Waals surface area contributed by atoms with Gasteiger partial charge < -0.3 is 14.9 Å². The second-order valence-corrected chi connectivity index (χ2v) is 6.14. The Morgan fingerprint density at radius 3 is 2.33 bits per heavy atom. The van der Waals surface area contributed by atoms with Crippen LogP contribution in [0.3, 0.4) is 0 Å². The fourth-order valence-electron chi connectivity index (χ4n) is 2.78. The van der Waals surface area contributed by atoms with Gasteiger partial charge in [0.2, 0.25) is 0 Å². The molecule has 4 nitrogen and oxygen atoms in total. The first-order valence-electron chi connectivity index (χ1n) is 8.53. The maximum Gasteiger partial charge on any atom is 0.303 e. The molecule has 27 heavy (non-hydrogen) atoms. The number of aromatic hydroxyl groups is 1. The van der Waals surface area contributed by atoms with Crippen LogP contribution in [0.5, 0.6) is 11.5 Å². The zero-order valence-electron chi connectivity index (χ0n) is 14.6. The van der Waals surface area contributed by atoms with Crippen LogP contribution in [0.2, 0.25) is 0 Å². The van der Waals surface area contributed by atoms with Gasteiger partial charge in [-0.3, -0.25) is 4.79 Å². The molecule has 0 saturated heterocycles. The lowest BCUT2D eigenvalue weighted by Crippen LogP contribution is -2.02. The molecule has 138 valence electrons. The Balaban J connectivity index is 1.74. The van der Waals surface area contributed by atoms with Crippen LogP contribution in [0.4, 0.5) is 4.39 Å². The highest BCUT2D eigenvalue weighted by molar-refractivity contribution is 5.68. The Hall–Kier alpha value is -3.34. The van der Waals surface area contributed by atoms with Crippen LogP contribution in [-0.4, -0.2) is 16.2 Å². The molecule has 0 bridgehead atoms. The van der Waals surface area contributed by atoms with E-state index in [4.69, 9.17) is 9.84 Å². The van der Waals surface area contributed by atoms with Gasteiger partial charge in [-0.25, -0.2) is 4.39 Å². The van der Waals surface area contributed by atoms with Gasteiger partial charge in [-0.1, -0.05) is 36.4 Å². The first-order chi connectivity index (χ1) is 13.0. The first-order valence-corrected chi connectivity index (χ1v) is 8.53. The number of aliphatic carboxylic acids is 1. The van der Waals surface area contributed by atoms with E-state index in [2.05, 4.69) is 0 Å². The summed E-state index contributed by atoms with van der Waals surface area (Å²) in [5, 5.41) is 18.2. The maximum atomic E-state index is 14.4. The molecule has 3 aromatic carbocycles. The summed E-state index contributed by atoms with van der Waals surface area (Å²) < 4.78 is 20.1. The zero-order chi connectivity index (χ0) is 19.2. The van der Waals surface area contributed by atoms with Gasteiger partial charge in [-0.15, -0.1) is 0 Å². The van der Waals surface area contributed by atoms with Gasteiger partial charge >= 0.3 is 5.97 Å². The van der Waals surface area contributed by atoms with Gasteiger partial charge in [0, 0.05) is 12.0 Å². The van der Waals surface area contributed by atoms with Crippen molar-refractivity contribution in [2.45, 2.75) is 19.4 Å². The Morgan fingerprint density at radius 2 is 1.67 bits per heavy atom. The van der Waals surface area contributed by atoms with E-state index in [0.717, 1.165) is 11.1 Å². The molecule has 0 atom stereocenters.